The summed E-state index contributed by atoms with van der Waals surface area (Å²) in [6, 6.07) is 16.1. The van der Waals surface area contributed by atoms with Gasteiger partial charge in [0.15, 0.2) is 5.82 Å². The van der Waals surface area contributed by atoms with Crippen LogP contribution < -0.4 is 0 Å². The number of hydrogen-bond donors (Lipinski definition) is 1. The van der Waals surface area contributed by atoms with Gasteiger partial charge in [-0.25, -0.2) is 14.8 Å². The van der Waals surface area contributed by atoms with Gasteiger partial charge in [0.25, 0.3) is 0 Å². The minimum atomic E-state index is -3.01. The lowest BCUT2D eigenvalue weighted by atomic mass is 9.98. The van der Waals surface area contributed by atoms with Crippen LogP contribution in [0.25, 0.3) is 11.4 Å². The zero-order valence-corrected chi connectivity index (χ0v) is 20.4. The molecular weight excluding hydrogens is 448 g/mol. The molecule has 0 fully saturated rings. The third kappa shape index (κ3) is 5.78. The van der Waals surface area contributed by atoms with Crippen LogP contribution >= 0.6 is 0 Å². The van der Waals surface area contributed by atoms with Crippen molar-refractivity contribution in [1.29, 1.82) is 0 Å². The maximum Gasteiger partial charge on any atom is 0.308 e. The number of hydrogen-bond acceptors (Lipinski definition) is 5. The summed E-state index contributed by atoms with van der Waals surface area (Å²) >= 11 is 0. The smallest absolute Gasteiger partial charge is 0.245 e. The van der Waals surface area contributed by atoms with E-state index in [0.29, 0.717) is 37.5 Å². The number of halogens is 2. The van der Waals surface area contributed by atoms with E-state index in [2.05, 4.69) is 48.9 Å². The number of nitrogens with one attached hydrogen (secondary N) is 1. The Bertz CT molecular complexity index is 1220. The van der Waals surface area contributed by atoms with Crippen LogP contribution in [0.1, 0.15) is 80.7 Å². The second-order valence-electron chi connectivity index (χ2n) is 8.97. The number of aromatic amines is 1. The van der Waals surface area contributed by atoms with Crippen molar-refractivity contribution in [2.45, 2.75) is 71.3 Å². The summed E-state index contributed by atoms with van der Waals surface area (Å²) in [6.45, 7) is 6.33. The Morgan fingerprint density at radius 2 is 1.77 bits per heavy atom. The van der Waals surface area contributed by atoms with Crippen LogP contribution in [0.4, 0.5) is 8.78 Å². The van der Waals surface area contributed by atoms with Gasteiger partial charge >= 0.3 is 5.92 Å². The Hall–Kier alpha value is -3.49. The lowest BCUT2D eigenvalue weighted by Crippen LogP contribution is -2.16. The van der Waals surface area contributed by atoms with E-state index in [0.717, 1.165) is 28.7 Å². The molecule has 0 saturated heterocycles. The summed E-state index contributed by atoms with van der Waals surface area (Å²) in [5, 5.41) is 18.5. The van der Waals surface area contributed by atoms with Gasteiger partial charge in [-0.15, -0.1) is 10.2 Å². The van der Waals surface area contributed by atoms with Crippen LogP contribution in [0, 0.1) is 0 Å². The molecule has 4 aromatic rings. The van der Waals surface area contributed by atoms with Crippen molar-refractivity contribution in [2.24, 2.45) is 0 Å². The maximum atomic E-state index is 14.7. The average Bonchev–Trinajstić information content (AvgIpc) is 3.55. The lowest BCUT2D eigenvalue weighted by molar-refractivity contribution is -0.0245. The van der Waals surface area contributed by atoms with Crippen LogP contribution in [0.15, 0.2) is 48.5 Å². The number of benzene rings is 2. The zero-order valence-electron chi connectivity index (χ0n) is 20.4. The molecule has 1 N–H and O–H groups in total. The summed E-state index contributed by atoms with van der Waals surface area (Å²) in [6.07, 6.45) is 2.44. The van der Waals surface area contributed by atoms with Gasteiger partial charge in [-0.2, -0.15) is 8.78 Å². The number of H-pyrrole nitrogens is 1. The Labute approximate surface area is 204 Å². The second-order valence-corrected chi connectivity index (χ2v) is 8.97. The highest BCUT2D eigenvalue weighted by atomic mass is 19.3. The monoisotopic (exact) mass is 479 g/mol. The van der Waals surface area contributed by atoms with Crippen molar-refractivity contribution in [3.8, 4) is 11.4 Å². The van der Waals surface area contributed by atoms with Crippen LogP contribution in [-0.4, -0.2) is 35.4 Å². The molecule has 0 bridgehead atoms. The number of aromatic nitrogens is 7. The highest BCUT2D eigenvalue weighted by molar-refractivity contribution is 5.60. The maximum absolute atomic E-state index is 14.7. The zero-order chi connectivity index (χ0) is 24.8. The van der Waals surface area contributed by atoms with Gasteiger partial charge < -0.3 is 0 Å². The molecular formula is C26H31F2N7. The van der Waals surface area contributed by atoms with Gasteiger partial charge in [-0.05, 0) is 46.4 Å². The summed E-state index contributed by atoms with van der Waals surface area (Å²) in [7, 11) is 0. The minimum Gasteiger partial charge on any atom is -0.245 e. The van der Waals surface area contributed by atoms with Crippen LogP contribution in [0.3, 0.4) is 0 Å². The van der Waals surface area contributed by atoms with Gasteiger partial charge in [0.05, 0.1) is 6.54 Å². The lowest BCUT2D eigenvalue weighted by Gasteiger charge is -2.11. The molecule has 1 atom stereocenters. The molecule has 7 nitrogen and oxygen atoms in total. The predicted molar refractivity (Wildman–Crippen MR) is 130 cm³/mol. The Morgan fingerprint density at radius 3 is 2.46 bits per heavy atom. The van der Waals surface area contributed by atoms with Crippen molar-refractivity contribution in [3.05, 3.63) is 76.9 Å². The third-order valence-electron chi connectivity index (χ3n) is 6.29. The van der Waals surface area contributed by atoms with Crippen molar-refractivity contribution in [2.75, 3.05) is 0 Å². The largest absolute Gasteiger partial charge is 0.308 e. The first-order valence-electron chi connectivity index (χ1n) is 12.1. The molecule has 0 aliphatic carbocycles. The van der Waals surface area contributed by atoms with Gasteiger partial charge in [-0.1, -0.05) is 75.7 Å². The van der Waals surface area contributed by atoms with Gasteiger partial charge in [0.1, 0.15) is 5.82 Å². The van der Waals surface area contributed by atoms with E-state index in [1.54, 1.807) is 4.68 Å². The fourth-order valence-electron chi connectivity index (χ4n) is 4.02. The quantitative estimate of drug-likeness (QED) is 0.290. The van der Waals surface area contributed by atoms with Crippen molar-refractivity contribution >= 4 is 0 Å². The van der Waals surface area contributed by atoms with E-state index in [4.69, 9.17) is 0 Å². The number of nitrogens with zero attached hydrogens (tertiary/aromatic N) is 6. The van der Waals surface area contributed by atoms with Crippen LogP contribution in [-0.2, 0) is 18.9 Å². The van der Waals surface area contributed by atoms with Gasteiger partial charge in [0.2, 0.25) is 5.82 Å². The molecule has 0 aliphatic rings. The summed E-state index contributed by atoms with van der Waals surface area (Å²) in [4.78, 5) is 4.29. The topological polar surface area (TPSA) is 85.2 Å². The molecule has 0 spiro atoms. The van der Waals surface area contributed by atoms with Crippen molar-refractivity contribution in [3.63, 3.8) is 0 Å². The second kappa shape index (κ2) is 10.8. The highest BCUT2D eigenvalue weighted by Gasteiger charge is 2.37. The normalized spacial score (nSPS) is 12.7. The van der Waals surface area contributed by atoms with E-state index in [9.17, 15) is 8.78 Å². The SMILES string of the molecule is CCCCC(F)(F)c1nc(C(C)CC)n(Cc2ccc(Cc3ccccc3-c3nnn[nH]3)cc2)n1. The van der Waals surface area contributed by atoms with E-state index in [-0.39, 0.29) is 18.2 Å². The standard InChI is InChI=1S/C26H31F2N7/c1-4-6-15-26(27,28)25-29-24(18(3)5-2)35(32-25)17-20-13-11-19(12-14-20)16-21-9-7-8-10-22(21)23-30-33-34-31-23/h7-14,18H,4-6,15-17H2,1-3H3,(H,30,31,33,34). The number of tetrazole rings is 1. The van der Waals surface area contributed by atoms with E-state index in [1.807, 2.05) is 51.1 Å². The molecule has 35 heavy (non-hydrogen) atoms. The summed E-state index contributed by atoms with van der Waals surface area (Å²) in [5.74, 6) is -2.10. The summed E-state index contributed by atoms with van der Waals surface area (Å²) < 4.78 is 31.0. The molecule has 0 saturated carbocycles. The fourth-order valence-corrected chi connectivity index (χ4v) is 4.02. The number of unbranched alkanes of at least 4 members (excludes halogenated alkanes) is 1. The molecule has 184 valence electrons. The molecule has 4 rings (SSSR count). The predicted octanol–water partition coefficient (Wildman–Crippen LogP) is 5.89. The Morgan fingerprint density at radius 1 is 1.03 bits per heavy atom. The molecule has 9 heteroatoms. The van der Waals surface area contributed by atoms with Crippen molar-refractivity contribution < 1.29 is 8.78 Å². The van der Waals surface area contributed by atoms with Gasteiger partial charge in [-0.3, -0.25) is 0 Å². The van der Waals surface area contributed by atoms with Gasteiger partial charge in [0, 0.05) is 17.9 Å². The highest BCUT2D eigenvalue weighted by Crippen LogP contribution is 2.32. The van der Waals surface area contributed by atoms with Crippen molar-refractivity contribution in [1.82, 2.24) is 35.4 Å². The van der Waals surface area contributed by atoms with E-state index in [1.165, 1.54) is 0 Å². The molecule has 1 unspecified atom stereocenters. The third-order valence-corrected chi connectivity index (χ3v) is 6.29. The number of rotatable bonds is 11. The molecule has 0 aliphatic heterocycles. The molecule has 2 aromatic heterocycles. The molecule has 2 heterocycles. The average molecular weight is 480 g/mol. The van der Waals surface area contributed by atoms with E-state index < -0.39 is 5.92 Å². The number of alkyl halides is 2. The van der Waals surface area contributed by atoms with Crippen LogP contribution in [0.2, 0.25) is 0 Å². The Balaban J connectivity index is 1.53. The first kappa shape index (κ1) is 24.6. The first-order valence-corrected chi connectivity index (χ1v) is 12.1. The molecule has 2 aromatic carbocycles. The van der Waals surface area contributed by atoms with Crippen LogP contribution in [0.5, 0.6) is 0 Å². The summed E-state index contributed by atoms with van der Waals surface area (Å²) in [5.41, 5.74) is 4.17. The molecule has 0 amide bonds. The minimum absolute atomic E-state index is 0.0413. The fraction of sp³-hybridized carbons (Fsp3) is 0.423. The Kier molecular flexibility index (Phi) is 7.63. The first-order chi connectivity index (χ1) is 16.9. The van der Waals surface area contributed by atoms with E-state index >= 15 is 0 Å². The molecule has 0 radical (unpaired) electrons.